The molecule has 0 bridgehead atoms. The van der Waals surface area contributed by atoms with E-state index < -0.39 is 40.5 Å². The molecule has 0 saturated carbocycles. The minimum absolute atomic E-state index is 0.149. The molecule has 0 spiro atoms. The molecule has 0 heterocycles. The number of hydrogen-bond acceptors (Lipinski definition) is 4. The molecular formula is C17H29NO6. The Morgan fingerprint density at radius 1 is 0.958 bits per heavy atom. The van der Waals surface area contributed by atoms with Crippen molar-refractivity contribution in [1.29, 1.82) is 0 Å². The monoisotopic (exact) mass is 343 g/mol. The smallest absolute Gasteiger partial charge is 0.362 e. The van der Waals surface area contributed by atoms with Crippen LogP contribution in [0.1, 0.15) is 53.4 Å². The molecule has 0 aliphatic rings. The lowest BCUT2D eigenvalue weighted by Crippen LogP contribution is -2.72. The lowest BCUT2D eigenvalue weighted by molar-refractivity contribution is -0.969. The van der Waals surface area contributed by atoms with Crippen molar-refractivity contribution in [2.45, 2.75) is 71.5 Å². The Morgan fingerprint density at radius 2 is 1.46 bits per heavy atom. The Labute approximate surface area is 143 Å². The number of hydrogen-bond donors (Lipinski definition) is 2. The topological polar surface area (TPSA) is 115 Å². The molecule has 3 atom stereocenters. The maximum absolute atomic E-state index is 11.5. The van der Waals surface area contributed by atoms with Crippen LogP contribution < -0.4 is 5.11 Å². The van der Waals surface area contributed by atoms with Gasteiger partial charge in [0, 0.05) is 0 Å². The van der Waals surface area contributed by atoms with Crippen LogP contribution in [0.5, 0.6) is 0 Å². The first-order valence-corrected chi connectivity index (χ1v) is 8.31. The number of unbranched alkanes of at least 4 members (excludes halogenated alkanes) is 2. The van der Waals surface area contributed by atoms with Crippen molar-refractivity contribution in [3.63, 3.8) is 0 Å². The normalized spacial score (nSPS) is 17.8. The van der Waals surface area contributed by atoms with Crippen molar-refractivity contribution < 1.29 is 34.2 Å². The third-order valence-electron chi connectivity index (χ3n) is 4.79. The van der Waals surface area contributed by atoms with Gasteiger partial charge in [0.1, 0.15) is 6.04 Å². The molecule has 0 aromatic carbocycles. The van der Waals surface area contributed by atoms with Gasteiger partial charge in [-0.2, -0.15) is 0 Å². The summed E-state index contributed by atoms with van der Waals surface area (Å²) in [6.45, 7) is 6.21. The van der Waals surface area contributed by atoms with E-state index in [1.54, 1.807) is 0 Å². The molecule has 0 aromatic rings. The number of rotatable bonds is 12. The Balaban J connectivity index is 5.57. The van der Waals surface area contributed by atoms with Crippen molar-refractivity contribution in [3.8, 4) is 0 Å². The van der Waals surface area contributed by atoms with Crippen LogP contribution in [0.25, 0.3) is 0 Å². The molecule has 0 rings (SSSR count). The number of carbonyl (C=O) groups is 3. The summed E-state index contributed by atoms with van der Waals surface area (Å²) < 4.78 is -0.565. The quantitative estimate of drug-likeness (QED) is 0.311. The minimum atomic E-state index is -1.44. The SMILES string of the molecule is CC/C=C/CCCC[N+](C(C)C(=O)[O-])(C(C)C(=O)O)C(C)C(=O)O. The van der Waals surface area contributed by atoms with Crippen molar-refractivity contribution in [1.82, 2.24) is 0 Å². The summed E-state index contributed by atoms with van der Waals surface area (Å²) in [6.07, 6.45) is 7.00. The molecule has 0 aromatic heterocycles. The highest BCUT2D eigenvalue weighted by atomic mass is 16.4. The highest BCUT2D eigenvalue weighted by Crippen LogP contribution is 2.27. The molecule has 7 heteroatoms. The van der Waals surface area contributed by atoms with Crippen LogP contribution in [0, 0.1) is 0 Å². The van der Waals surface area contributed by atoms with Gasteiger partial charge in [-0.25, -0.2) is 9.59 Å². The molecule has 3 unspecified atom stereocenters. The number of nitrogens with zero attached hydrogens (tertiary/aromatic N) is 1. The molecule has 0 fully saturated rings. The van der Waals surface area contributed by atoms with Crippen molar-refractivity contribution in [3.05, 3.63) is 12.2 Å². The first-order valence-electron chi connectivity index (χ1n) is 8.31. The summed E-state index contributed by atoms with van der Waals surface area (Å²) in [6, 6.07) is -3.58. The lowest BCUT2D eigenvalue weighted by Gasteiger charge is -2.49. The van der Waals surface area contributed by atoms with Crippen molar-refractivity contribution in [2.75, 3.05) is 6.54 Å². The molecular weight excluding hydrogens is 314 g/mol. The summed E-state index contributed by atoms with van der Waals surface area (Å²) in [5.41, 5.74) is 0. The standard InChI is InChI=1S/C17H29NO6/c1-5-6-7-8-9-10-11-18(12(2)15(19)20,13(3)16(21)22)14(4)17(23)24/h6-7,12-14H,5,8-11H2,1-4H3,(H2-,19,20,21,22,23,24)/b7-6+. The van der Waals surface area contributed by atoms with Gasteiger partial charge >= 0.3 is 11.9 Å². The van der Waals surface area contributed by atoms with Crippen LogP contribution in [0.3, 0.4) is 0 Å². The fourth-order valence-corrected chi connectivity index (χ4v) is 3.13. The molecule has 0 saturated heterocycles. The van der Waals surface area contributed by atoms with Crippen LogP contribution >= 0.6 is 0 Å². The third kappa shape index (κ3) is 5.33. The highest BCUT2D eigenvalue weighted by molar-refractivity contribution is 5.76. The van der Waals surface area contributed by atoms with Crippen LogP contribution in [0.4, 0.5) is 0 Å². The number of aliphatic carboxylic acids is 3. The summed E-state index contributed by atoms with van der Waals surface area (Å²) in [7, 11) is 0. The largest absolute Gasteiger partial charge is 0.544 e. The number of carboxylic acids is 3. The van der Waals surface area contributed by atoms with E-state index >= 15 is 0 Å². The van der Waals surface area contributed by atoms with Gasteiger partial charge in [-0.15, -0.1) is 0 Å². The van der Waals surface area contributed by atoms with Crippen LogP contribution in [-0.4, -0.2) is 57.3 Å². The van der Waals surface area contributed by atoms with Crippen molar-refractivity contribution >= 4 is 17.9 Å². The van der Waals surface area contributed by atoms with Gasteiger partial charge in [0.25, 0.3) is 0 Å². The zero-order chi connectivity index (χ0) is 18.9. The van der Waals surface area contributed by atoms with Gasteiger partial charge in [0.2, 0.25) is 0 Å². The second-order valence-corrected chi connectivity index (χ2v) is 6.12. The first-order chi connectivity index (χ1) is 11.1. The number of carbonyl (C=O) groups excluding carboxylic acids is 1. The zero-order valence-corrected chi connectivity index (χ0v) is 14.9. The first kappa shape index (κ1) is 22.1. The minimum Gasteiger partial charge on any atom is -0.544 e. The second kappa shape index (κ2) is 10.1. The highest BCUT2D eigenvalue weighted by Gasteiger charge is 2.50. The summed E-state index contributed by atoms with van der Waals surface area (Å²) in [4.78, 5) is 34.5. The van der Waals surface area contributed by atoms with E-state index in [2.05, 4.69) is 0 Å². The summed E-state index contributed by atoms with van der Waals surface area (Å²) >= 11 is 0. The van der Waals surface area contributed by atoms with E-state index in [0.29, 0.717) is 6.42 Å². The van der Waals surface area contributed by atoms with E-state index in [1.165, 1.54) is 20.8 Å². The number of quaternary nitrogens is 1. The molecule has 0 aliphatic carbocycles. The van der Waals surface area contributed by atoms with E-state index in [0.717, 1.165) is 19.3 Å². The zero-order valence-electron chi connectivity index (χ0n) is 14.9. The van der Waals surface area contributed by atoms with Gasteiger partial charge < -0.3 is 20.1 Å². The molecule has 7 nitrogen and oxygen atoms in total. The average Bonchev–Trinajstić information content (AvgIpc) is 2.52. The predicted molar refractivity (Wildman–Crippen MR) is 87.1 cm³/mol. The van der Waals surface area contributed by atoms with Gasteiger partial charge in [-0.1, -0.05) is 19.1 Å². The predicted octanol–water partition coefficient (Wildman–Crippen LogP) is 1.02. The van der Waals surface area contributed by atoms with Crippen LogP contribution in [-0.2, 0) is 14.4 Å². The lowest BCUT2D eigenvalue weighted by atomic mass is 10.0. The maximum Gasteiger partial charge on any atom is 0.362 e. The second-order valence-electron chi connectivity index (χ2n) is 6.12. The molecule has 0 amide bonds. The van der Waals surface area contributed by atoms with E-state index in [1.807, 2.05) is 19.1 Å². The Hall–Kier alpha value is -1.89. The summed E-state index contributed by atoms with van der Waals surface area (Å²) in [5, 5.41) is 30.3. The third-order valence-corrected chi connectivity index (χ3v) is 4.79. The molecule has 138 valence electrons. The average molecular weight is 343 g/mol. The van der Waals surface area contributed by atoms with Gasteiger partial charge in [-0.3, -0.25) is 4.48 Å². The van der Waals surface area contributed by atoms with Crippen molar-refractivity contribution in [2.24, 2.45) is 0 Å². The fourth-order valence-electron chi connectivity index (χ4n) is 3.13. The van der Waals surface area contributed by atoms with Gasteiger partial charge in [0.05, 0.1) is 12.5 Å². The number of carboxylic acid groups (broad SMARTS) is 3. The number of allylic oxidation sites excluding steroid dienone is 2. The molecule has 24 heavy (non-hydrogen) atoms. The molecule has 0 aliphatic heterocycles. The van der Waals surface area contributed by atoms with Gasteiger partial charge in [-0.05, 0) is 46.5 Å². The molecule has 2 N–H and O–H groups in total. The molecule has 0 radical (unpaired) electrons. The fraction of sp³-hybridized carbons (Fsp3) is 0.706. The maximum atomic E-state index is 11.5. The Kier molecular flexibility index (Phi) is 9.28. The van der Waals surface area contributed by atoms with Gasteiger partial charge in [0.15, 0.2) is 12.1 Å². The summed E-state index contributed by atoms with van der Waals surface area (Å²) in [5.74, 6) is -3.88. The van der Waals surface area contributed by atoms with Crippen LogP contribution in [0.2, 0.25) is 0 Å². The Bertz CT molecular complexity index is 423. The Morgan fingerprint density at radius 3 is 1.83 bits per heavy atom. The van der Waals surface area contributed by atoms with E-state index in [4.69, 9.17) is 0 Å². The van der Waals surface area contributed by atoms with Crippen LogP contribution in [0.15, 0.2) is 12.2 Å². The van der Waals surface area contributed by atoms with E-state index in [9.17, 15) is 29.7 Å². The van der Waals surface area contributed by atoms with E-state index in [-0.39, 0.29) is 6.54 Å².